The molecule has 0 amide bonds. The summed E-state index contributed by atoms with van der Waals surface area (Å²) in [7, 11) is 0. The van der Waals surface area contributed by atoms with E-state index in [1.807, 2.05) is 12.1 Å². The molecule has 0 unspecified atom stereocenters. The molecule has 48 heavy (non-hydrogen) atoms. The van der Waals surface area contributed by atoms with Gasteiger partial charge >= 0.3 is 0 Å². The lowest BCUT2D eigenvalue weighted by Gasteiger charge is -2.40. The van der Waals surface area contributed by atoms with Crippen LogP contribution >= 0.6 is 0 Å². The highest BCUT2D eigenvalue weighted by Gasteiger charge is 2.41. The fourth-order valence-electron chi connectivity index (χ4n) is 7.61. The molecule has 1 aromatic heterocycles. The van der Waals surface area contributed by atoms with Crippen molar-refractivity contribution in [2.24, 2.45) is 0 Å². The van der Waals surface area contributed by atoms with E-state index in [9.17, 15) is 0 Å². The first-order valence-electron chi connectivity index (χ1n) is 16.4. The van der Waals surface area contributed by atoms with Crippen LogP contribution in [0, 0.1) is 6.92 Å². The number of hydrogen-bond acceptors (Lipinski definition) is 4. The Balaban J connectivity index is 1.15. The van der Waals surface area contributed by atoms with Gasteiger partial charge in [-0.3, -0.25) is 0 Å². The van der Waals surface area contributed by atoms with Crippen LogP contribution in [0.3, 0.4) is 0 Å². The van der Waals surface area contributed by atoms with Gasteiger partial charge in [0.25, 0.3) is 6.71 Å². The summed E-state index contributed by atoms with van der Waals surface area (Å²) >= 11 is 0. The average molecular weight is 617 g/mol. The van der Waals surface area contributed by atoms with Crippen molar-refractivity contribution < 1.29 is 9.15 Å². The molecule has 8 aromatic rings. The van der Waals surface area contributed by atoms with Crippen molar-refractivity contribution in [3.8, 4) is 11.5 Å². The van der Waals surface area contributed by atoms with Crippen molar-refractivity contribution in [2.75, 3.05) is 9.80 Å². The topological polar surface area (TPSA) is 28.9 Å². The number of fused-ring (bicyclic) bond motifs is 7. The van der Waals surface area contributed by atoms with E-state index in [1.54, 1.807) is 0 Å². The Kier molecular flexibility index (Phi) is 5.85. The van der Waals surface area contributed by atoms with Crippen LogP contribution in [0.15, 0.2) is 162 Å². The van der Waals surface area contributed by atoms with Gasteiger partial charge < -0.3 is 19.0 Å². The molecular formula is C43H29BN2O2. The largest absolute Gasteiger partial charge is 0.458 e. The lowest BCUT2D eigenvalue weighted by molar-refractivity contribution is 0.487. The van der Waals surface area contributed by atoms with Gasteiger partial charge in [-0.05, 0) is 96.1 Å². The zero-order valence-electron chi connectivity index (χ0n) is 26.3. The molecular weight excluding hydrogens is 587 g/mol. The number of ether oxygens (including phenoxy) is 1. The smallest absolute Gasteiger partial charge is 0.256 e. The van der Waals surface area contributed by atoms with Gasteiger partial charge in [-0.25, -0.2) is 0 Å². The monoisotopic (exact) mass is 616 g/mol. The van der Waals surface area contributed by atoms with Crippen LogP contribution in [0.1, 0.15) is 5.56 Å². The van der Waals surface area contributed by atoms with Crippen LogP contribution in [0.4, 0.5) is 34.1 Å². The molecule has 226 valence electrons. The predicted molar refractivity (Wildman–Crippen MR) is 199 cm³/mol. The Morgan fingerprint density at radius 1 is 0.521 bits per heavy atom. The maximum absolute atomic E-state index is 6.85. The van der Waals surface area contributed by atoms with Gasteiger partial charge in [-0.15, -0.1) is 0 Å². The number of aryl methyl sites for hydroxylation is 1. The second kappa shape index (κ2) is 10.4. The predicted octanol–water partition coefficient (Wildman–Crippen LogP) is 9.77. The third-order valence-electron chi connectivity index (χ3n) is 9.77. The summed E-state index contributed by atoms with van der Waals surface area (Å²) < 4.78 is 13.0. The molecule has 0 N–H and O–H groups in total. The number of benzene rings is 7. The summed E-state index contributed by atoms with van der Waals surface area (Å²) in [6.45, 7) is 2.17. The minimum absolute atomic E-state index is 0.0478. The van der Waals surface area contributed by atoms with Gasteiger partial charge in [-0.1, -0.05) is 84.4 Å². The van der Waals surface area contributed by atoms with Crippen molar-refractivity contribution in [3.63, 3.8) is 0 Å². The second-order valence-electron chi connectivity index (χ2n) is 12.6. The van der Waals surface area contributed by atoms with Crippen LogP contribution in [0.25, 0.3) is 21.9 Å². The summed E-state index contributed by atoms with van der Waals surface area (Å²) in [5.74, 6) is 1.77. The number of para-hydroxylation sites is 3. The number of rotatable bonds is 4. The molecule has 0 fully saturated rings. The van der Waals surface area contributed by atoms with Crippen LogP contribution in [-0.4, -0.2) is 6.71 Å². The molecule has 7 aromatic carbocycles. The van der Waals surface area contributed by atoms with Gasteiger partial charge in [0.2, 0.25) is 0 Å². The summed E-state index contributed by atoms with van der Waals surface area (Å²) in [5.41, 5.74) is 13.3. The van der Waals surface area contributed by atoms with E-state index in [-0.39, 0.29) is 6.71 Å². The second-order valence-corrected chi connectivity index (χ2v) is 12.6. The van der Waals surface area contributed by atoms with E-state index in [2.05, 4.69) is 162 Å². The van der Waals surface area contributed by atoms with Crippen LogP contribution in [0.2, 0.25) is 0 Å². The SMILES string of the molecule is Cc1ccc(N(c2ccc3c(c2)Oc2cccc4c2B3c2ccccc2N4c2ccccc2)c2ccc3oc4ccccc4c3c2)cc1. The highest BCUT2D eigenvalue weighted by atomic mass is 16.5. The lowest BCUT2D eigenvalue weighted by Crippen LogP contribution is -2.59. The normalized spacial score (nSPS) is 12.8. The van der Waals surface area contributed by atoms with E-state index < -0.39 is 0 Å². The summed E-state index contributed by atoms with van der Waals surface area (Å²) in [6, 6.07) is 55.9. The van der Waals surface area contributed by atoms with E-state index >= 15 is 0 Å². The summed E-state index contributed by atoms with van der Waals surface area (Å²) in [6.07, 6.45) is 0. The van der Waals surface area contributed by atoms with Crippen molar-refractivity contribution in [1.29, 1.82) is 0 Å². The molecule has 4 nitrogen and oxygen atoms in total. The maximum Gasteiger partial charge on any atom is 0.256 e. The standard InChI is InChI=1S/C43H29BN2O2/c1-28-18-20-30(21-19-28)45(31-23-25-40-34(26-31)33-12-5-8-16-39(33)47-40)32-22-24-36-42(27-32)48-41-17-9-15-38-43(41)44(36)35-13-6-7-14-37(35)46(38)29-10-3-2-4-11-29/h2-27H,1H3. The van der Waals surface area contributed by atoms with Crippen LogP contribution in [-0.2, 0) is 0 Å². The average Bonchev–Trinajstić information content (AvgIpc) is 3.51. The minimum Gasteiger partial charge on any atom is -0.458 e. The van der Waals surface area contributed by atoms with Gasteiger partial charge in [-0.2, -0.15) is 0 Å². The Hall–Kier alpha value is -6.20. The lowest BCUT2D eigenvalue weighted by atomic mass is 9.34. The molecule has 0 spiro atoms. The van der Waals surface area contributed by atoms with Crippen LogP contribution < -0.4 is 30.9 Å². The van der Waals surface area contributed by atoms with Gasteiger partial charge in [0.05, 0.1) is 0 Å². The molecule has 3 heterocycles. The fraction of sp³-hybridized carbons (Fsp3) is 0.0233. The third-order valence-corrected chi connectivity index (χ3v) is 9.77. The quantitative estimate of drug-likeness (QED) is 0.184. The molecule has 2 aliphatic heterocycles. The van der Waals surface area contributed by atoms with E-state index in [0.29, 0.717) is 0 Å². The molecule has 0 saturated carbocycles. The molecule has 10 rings (SSSR count). The maximum atomic E-state index is 6.85. The molecule has 0 aliphatic carbocycles. The Morgan fingerprint density at radius 3 is 2.12 bits per heavy atom. The van der Waals surface area contributed by atoms with Gasteiger partial charge in [0, 0.05) is 51.0 Å². The zero-order valence-corrected chi connectivity index (χ0v) is 26.3. The van der Waals surface area contributed by atoms with Crippen LogP contribution in [0.5, 0.6) is 11.5 Å². The first-order chi connectivity index (χ1) is 23.7. The summed E-state index contributed by atoms with van der Waals surface area (Å²) in [5, 5.41) is 2.21. The number of furan rings is 1. The number of nitrogens with zero attached hydrogens (tertiary/aromatic N) is 2. The molecule has 0 radical (unpaired) electrons. The molecule has 0 bridgehead atoms. The number of hydrogen-bond donors (Lipinski definition) is 0. The first-order valence-corrected chi connectivity index (χ1v) is 16.4. The van der Waals surface area contributed by atoms with Crippen molar-refractivity contribution in [3.05, 3.63) is 163 Å². The van der Waals surface area contributed by atoms with E-state index in [1.165, 1.54) is 27.6 Å². The minimum atomic E-state index is 0.0478. The Labute approximate surface area is 279 Å². The highest BCUT2D eigenvalue weighted by Crippen LogP contribution is 2.43. The number of anilines is 6. The molecule has 5 heteroatoms. The van der Waals surface area contributed by atoms with Gasteiger partial charge in [0.15, 0.2) is 0 Å². The Morgan fingerprint density at radius 2 is 1.23 bits per heavy atom. The van der Waals surface area contributed by atoms with Crippen molar-refractivity contribution in [1.82, 2.24) is 0 Å². The molecule has 0 atom stereocenters. The first kappa shape index (κ1) is 27.0. The van der Waals surface area contributed by atoms with E-state index in [4.69, 9.17) is 9.15 Å². The molecule has 2 aliphatic rings. The van der Waals surface area contributed by atoms with E-state index in [0.717, 1.165) is 61.9 Å². The van der Waals surface area contributed by atoms with Crippen molar-refractivity contribution >= 4 is 79.2 Å². The third kappa shape index (κ3) is 4.04. The highest BCUT2D eigenvalue weighted by molar-refractivity contribution is 6.99. The van der Waals surface area contributed by atoms with Crippen molar-refractivity contribution in [2.45, 2.75) is 6.92 Å². The Bertz CT molecular complexity index is 2520. The van der Waals surface area contributed by atoms with Gasteiger partial charge in [0.1, 0.15) is 22.7 Å². The fourth-order valence-corrected chi connectivity index (χ4v) is 7.61. The molecule has 0 saturated heterocycles. The zero-order chi connectivity index (χ0) is 31.8. The summed E-state index contributed by atoms with van der Waals surface area (Å²) in [4.78, 5) is 4.67.